The second-order valence-electron chi connectivity index (χ2n) is 6.25. The molecule has 0 saturated carbocycles. The third-order valence-electron chi connectivity index (χ3n) is 4.25. The molecule has 0 aliphatic heterocycles. The van der Waals surface area contributed by atoms with Crippen molar-refractivity contribution in [3.05, 3.63) is 87.5 Å². The summed E-state index contributed by atoms with van der Waals surface area (Å²) in [5.74, 6) is 0. The number of para-hydroxylation sites is 1. The monoisotopic (exact) mass is 332 g/mol. The molecule has 0 aliphatic rings. The van der Waals surface area contributed by atoms with E-state index in [1.807, 2.05) is 24.3 Å². The van der Waals surface area contributed by atoms with Crippen LogP contribution >= 0.6 is 0 Å². The summed E-state index contributed by atoms with van der Waals surface area (Å²) in [4.78, 5) is 10.5. The van der Waals surface area contributed by atoms with Crippen LogP contribution in [0.3, 0.4) is 0 Å². The molecular weight excluding hydrogens is 312 g/mol. The van der Waals surface area contributed by atoms with Gasteiger partial charge in [0.15, 0.2) is 0 Å². The Hall–Kier alpha value is -3.14. The molecule has 1 N–H and O–H groups in total. The van der Waals surface area contributed by atoms with E-state index >= 15 is 0 Å². The Morgan fingerprint density at radius 2 is 1.48 bits per heavy atom. The molecule has 0 spiro atoms. The number of nitro benzene ring substituents is 1. The van der Waals surface area contributed by atoms with E-state index < -0.39 is 0 Å². The van der Waals surface area contributed by atoms with Gasteiger partial charge in [0.25, 0.3) is 5.69 Å². The first-order chi connectivity index (χ1) is 12.0. The summed E-state index contributed by atoms with van der Waals surface area (Å²) >= 11 is 0. The van der Waals surface area contributed by atoms with Crippen molar-refractivity contribution in [2.45, 2.75) is 20.8 Å². The van der Waals surface area contributed by atoms with Gasteiger partial charge in [0.1, 0.15) is 0 Å². The molecule has 0 aromatic heterocycles. The van der Waals surface area contributed by atoms with Gasteiger partial charge in [-0.3, -0.25) is 10.1 Å². The van der Waals surface area contributed by atoms with Gasteiger partial charge in [0.05, 0.1) is 4.92 Å². The number of non-ortho nitro benzene ring substituents is 1. The molecule has 4 heteroatoms. The molecule has 0 aliphatic carbocycles. The standard InChI is InChI=1S/C21H20N2O2/c1-14-12-15(2)21(16(3)13-14)22-20-7-5-4-6-19(20)17-8-10-18(11-9-17)23(24)25/h4-13,22H,1-3H3. The molecule has 3 aromatic rings. The summed E-state index contributed by atoms with van der Waals surface area (Å²) in [6, 6.07) is 18.9. The summed E-state index contributed by atoms with van der Waals surface area (Å²) in [6.45, 7) is 6.28. The third kappa shape index (κ3) is 3.53. The zero-order chi connectivity index (χ0) is 18.0. The number of rotatable bonds is 4. The van der Waals surface area contributed by atoms with Crippen LogP contribution in [0.25, 0.3) is 11.1 Å². The molecule has 0 radical (unpaired) electrons. The Kier molecular flexibility index (Phi) is 4.52. The smallest absolute Gasteiger partial charge is 0.269 e. The van der Waals surface area contributed by atoms with E-state index in [2.05, 4.69) is 38.2 Å². The van der Waals surface area contributed by atoms with Crippen molar-refractivity contribution in [3.8, 4) is 11.1 Å². The van der Waals surface area contributed by atoms with Crippen LogP contribution in [0.15, 0.2) is 60.7 Å². The van der Waals surface area contributed by atoms with Gasteiger partial charge in [-0.15, -0.1) is 0 Å². The Morgan fingerprint density at radius 3 is 2.08 bits per heavy atom. The molecule has 4 nitrogen and oxygen atoms in total. The fraction of sp³-hybridized carbons (Fsp3) is 0.143. The van der Waals surface area contributed by atoms with E-state index in [4.69, 9.17) is 0 Å². The number of hydrogen-bond acceptors (Lipinski definition) is 3. The highest BCUT2D eigenvalue weighted by Crippen LogP contribution is 2.33. The molecular formula is C21H20N2O2. The number of aryl methyl sites for hydroxylation is 3. The summed E-state index contributed by atoms with van der Waals surface area (Å²) in [5, 5.41) is 14.4. The van der Waals surface area contributed by atoms with Crippen molar-refractivity contribution < 1.29 is 4.92 Å². The number of nitrogens with one attached hydrogen (secondary N) is 1. The molecule has 3 rings (SSSR count). The van der Waals surface area contributed by atoms with Gasteiger partial charge in [0.2, 0.25) is 0 Å². The maximum atomic E-state index is 10.9. The molecule has 0 amide bonds. The zero-order valence-corrected chi connectivity index (χ0v) is 14.5. The van der Waals surface area contributed by atoms with Crippen LogP contribution in [0, 0.1) is 30.9 Å². The minimum Gasteiger partial charge on any atom is -0.355 e. The first kappa shape index (κ1) is 16.7. The lowest BCUT2D eigenvalue weighted by Gasteiger charge is -2.17. The van der Waals surface area contributed by atoms with E-state index in [1.54, 1.807) is 12.1 Å². The molecule has 0 bridgehead atoms. The van der Waals surface area contributed by atoms with Crippen LogP contribution in [0.2, 0.25) is 0 Å². The molecule has 0 heterocycles. The molecule has 3 aromatic carbocycles. The summed E-state index contributed by atoms with van der Waals surface area (Å²) in [5.41, 5.74) is 7.75. The van der Waals surface area contributed by atoms with Crippen molar-refractivity contribution in [1.29, 1.82) is 0 Å². The second kappa shape index (κ2) is 6.77. The van der Waals surface area contributed by atoms with Crippen LogP contribution in [0.5, 0.6) is 0 Å². The number of benzene rings is 3. The van der Waals surface area contributed by atoms with Crippen molar-refractivity contribution in [1.82, 2.24) is 0 Å². The van der Waals surface area contributed by atoms with Gasteiger partial charge in [-0.25, -0.2) is 0 Å². The highest BCUT2D eigenvalue weighted by molar-refractivity contribution is 5.82. The van der Waals surface area contributed by atoms with E-state index in [9.17, 15) is 10.1 Å². The van der Waals surface area contributed by atoms with E-state index in [0.29, 0.717) is 0 Å². The van der Waals surface area contributed by atoms with Gasteiger partial charge >= 0.3 is 0 Å². The second-order valence-corrected chi connectivity index (χ2v) is 6.25. The lowest BCUT2D eigenvalue weighted by molar-refractivity contribution is -0.384. The van der Waals surface area contributed by atoms with E-state index in [1.165, 1.54) is 28.8 Å². The summed E-state index contributed by atoms with van der Waals surface area (Å²) in [6.07, 6.45) is 0. The normalized spacial score (nSPS) is 10.5. The number of nitro groups is 1. The predicted octanol–water partition coefficient (Wildman–Crippen LogP) is 5.93. The van der Waals surface area contributed by atoms with Gasteiger partial charge in [-0.1, -0.05) is 35.9 Å². The highest BCUT2D eigenvalue weighted by atomic mass is 16.6. The van der Waals surface area contributed by atoms with Crippen molar-refractivity contribution in [3.63, 3.8) is 0 Å². The first-order valence-corrected chi connectivity index (χ1v) is 8.14. The fourth-order valence-electron chi connectivity index (χ4n) is 3.12. The number of hydrogen-bond donors (Lipinski definition) is 1. The lowest BCUT2D eigenvalue weighted by Crippen LogP contribution is -1.99. The topological polar surface area (TPSA) is 55.2 Å². The average molecular weight is 332 g/mol. The minimum atomic E-state index is -0.382. The number of nitrogens with zero attached hydrogens (tertiary/aromatic N) is 1. The van der Waals surface area contributed by atoms with Gasteiger partial charge in [-0.05, 0) is 55.7 Å². The number of anilines is 2. The van der Waals surface area contributed by atoms with Gasteiger partial charge in [0, 0.05) is 29.1 Å². The maximum absolute atomic E-state index is 10.9. The molecule has 126 valence electrons. The quantitative estimate of drug-likeness (QED) is 0.476. The van der Waals surface area contributed by atoms with Gasteiger partial charge < -0.3 is 5.32 Å². The van der Waals surface area contributed by atoms with Crippen LogP contribution < -0.4 is 5.32 Å². The third-order valence-corrected chi connectivity index (χ3v) is 4.25. The Bertz CT molecular complexity index is 908. The minimum absolute atomic E-state index is 0.0967. The van der Waals surface area contributed by atoms with E-state index in [-0.39, 0.29) is 10.6 Å². The average Bonchev–Trinajstić information content (AvgIpc) is 2.58. The molecule has 0 fully saturated rings. The van der Waals surface area contributed by atoms with Crippen LogP contribution in [0.4, 0.5) is 17.1 Å². The van der Waals surface area contributed by atoms with Crippen molar-refractivity contribution >= 4 is 17.1 Å². The van der Waals surface area contributed by atoms with E-state index in [0.717, 1.165) is 22.5 Å². The highest BCUT2D eigenvalue weighted by Gasteiger charge is 2.10. The van der Waals surface area contributed by atoms with Crippen LogP contribution in [0.1, 0.15) is 16.7 Å². The first-order valence-electron chi connectivity index (χ1n) is 8.14. The zero-order valence-electron chi connectivity index (χ0n) is 14.5. The van der Waals surface area contributed by atoms with Gasteiger partial charge in [-0.2, -0.15) is 0 Å². The predicted molar refractivity (Wildman–Crippen MR) is 102 cm³/mol. The Morgan fingerprint density at radius 1 is 0.880 bits per heavy atom. The maximum Gasteiger partial charge on any atom is 0.269 e. The molecule has 0 unspecified atom stereocenters. The van der Waals surface area contributed by atoms with Crippen molar-refractivity contribution in [2.24, 2.45) is 0 Å². The SMILES string of the molecule is Cc1cc(C)c(Nc2ccccc2-c2ccc([N+](=O)[O-])cc2)c(C)c1. The summed E-state index contributed by atoms with van der Waals surface area (Å²) in [7, 11) is 0. The Balaban J connectivity index is 2.01. The molecule has 0 saturated heterocycles. The summed E-state index contributed by atoms with van der Waals surface area (Å²) < 4.78 is 0. The Labute approximate surface area is 147 Å². The van der Waals surface area contributed by atoms with Crippen molar-refractivity contribution in [2.75, 3.05) is 5.32 Å². The molecule has 0 atom stereocenters. The largest absolute Gasteiger partial charge is 0.355 e. The van der Waals surface area contributed by atoms with Crippen LogP contribution in [-0.4, -0.2) is 4.92 Å². The van der Waals surface area contributed by atoms with Crippen LogP contribution in [-0.2, 0) is 0 Å². The molecule has 25 heavy (non-hydrogen) atoms. The fourth-order valence-corrected chi connectivity index (χ4v) is 3.12. The lowest BCUT2D eigenvalue weighted by atomic mass is 10.0.